The molecule has 1 aromatic rings. The van der Waals surface area contributed by atoms with E-state index in [4.69, 9.17) is 14.8 Å². The molecule has 0 saturated carbocycles. The summed E-state index contributed by atoms with van der Waals surface area (Å²) in [7, 11) is -0.0496. The van der Waals surface area contributed by atoms with Crippen molar-refractivity contribution < 1.29 is 14.8 Å². The van der Waals surface area contributed by atoms with E-state index in [0.29, 0.717) is 16.1 Å². The van der Waals surface area contributed by atoms with Crippen molar-refractivity contribution in [1.29, 1.82) is 0 Å². The van der Waals surface area contributed by atoms with Crippen LogP contribution >= 0.6 is 12.6 Å². The Kier molecular flexibility index (Phi) is 3.02. The first kappa shape index (κ1) is 9.44. The van der Waals surface area contributed by atoms with Crippen molar-refractivity contribution in [3.05, 3.63) is 18.2 Å². The number of benzene rings is 1. The molecule has 0 aromatic heterocycles. The molecule has 0 heterocycles. The molecule has 1 rings (SSSR count). The van der Waals surface area contributed by atoms with Gasteiger partial charge in [0.15, 0.2) is 0 Å². The van der Waals surface area contributed by atoms with E-state index in [-0.39, 0.29) is 0 Å². The monoisotopic (exact) mass is 184 g/mol. The van der Waals surface area contributed by atoms with Crippen molar-refractivity contribution >= 4 is 25.2 Å². The first-order chi connectivity index (χ1) is 5.65. The lowest BCUT2D eigenvalue weighted by Crippen LogP contribution is -2.31. The Morgan fingerprint density at radius 3 is 2.58 bits per heavy atom. The summed E-state index contributed by atoms with van der Waals surface area (Å²) in [6, 6.07) is 4.90. The third-order valence-corrected chi connectivity index (χ3v) is 1.77. The molecule has 0 bridgehead atoms. The molecule has 0 saturated heterocycles. The fourth-order valence-electron chi connectivity index (χ4n) is 0.924. The largest absolute Gasteiger partial charge is 0.497 e. The van der Waals surface area contributed by atoms with Crippen LogP contribution in [-0.4, -0.2) is 24.3 Å². The standard InChI is InChI=1S/C7H9BO3S/c1-11-7-3-2-5(12)4-6(7)8(9)10/h2-4,9-10,12H,1H3. The maximum atomic E-state index is 8.90. The van der Waals surface area contributed by atoms with Crippen LogP contribution in [0.3, 0.4) is 0 Å². The predicted octanol–water partition coefficient (Wildman–Crippen LogP) is -0.336. The van der Waals surface area contributed by atoms with Gasteiger partial charge in [-0.05, 0) is 18.2 Å². The normalized spacial score (nSPS) is 9.67. The first-order valence-corrected chi connectivity index (χ1v) is 3.83. The second-order valence-electron chi connectivity index (χ2n) is 2.30. The van der Waals surface area contributed by atoms with Crippen LogP contribution in [0.1, 0.15) is 0 Å². The van der Waals surface area contributed by atoms with Crippen LogP contribution in [0.25, 0.3) is 0 Å². The zero-order valence-corrected chi connectivity index (χ0v) is 7.45. The Balaban J connectivity index is 3.12. The Bertz CT molecular complexity index is 277. The second-order valence-corrected chi connectivity index (χ2v) is 2.82. The lowest BCUT2D eigenvalue weighted by atomic mass is 9.79. The van der Waals surface area contributed by atoms with E-state index in [1.807, 2.05) is 0 Å². The molecule has 64 valence electrons. The van der Waals surface area contributed by atoms with Gasteiger partial charge in [-0.3, -0.25) is 0 Å². The zero-order chi connectivity index (χ0) is 9.14. The lowest BCUT2D eigenvalue weighted by molar-refractivity contribution is 0.403. The maximum Gasteiger partial charge on any atom is 0.492 e. The molecular formula is C7H9BO3S. The highest BCUT2D eigenvalue weighted by Gasteiger charge is 2.16. The van der Waals surface area contributed by atoms with Crippen LogP contribution in [-0.2, 0) is 0 Å². The Morgan fingerprint density at radius 1 is 1.42 bits per heavy atom. The maximum absolute atomic E-state index is 8.90. The van der Waals surface area contributed by atoms with Gasteiger partial charge in [0.2, 0.25) is 0 Å². The van der Waals surface area contributed by atoms with Gasteiger partial charge in [0.05, 0.1) is 7.11 Å². The van der Waals surface area contributed by atoms with E-state index < -0.39 is 7.12 Å². The van der Waals surface area contributed by atoms with Gasteiger partial charge in [-0.15, -0.1) is 12.6 Å². The fourth-order valence-corrected chi connectivity index (χ4v) is 1.14. The van der Waals surface area contributed by atoms with Crippen LogP contribution in [0, 0.1) is 0 Å². The van der Waals surface area contributed by atoms with Crippen molar-refractivity contribution in [3.8, 4) is 5.75 Å². The van der Waals surface area contributed by atoms with Crippen molar-refractivity contribution in [2.24, 2.45) is 0 Å². The minimum atomic E-state index is -1.52. The van der Waals surface area contributed by atoms with Crippen molar-refractivity contribution in [3.63, 3.8) is 0 Å². The van der Waals surface area contributed by atoms with Crippen molar-refractivity contribution in [2.75, 3.05) is 7.11 Å². The Morgan fingerprint density at radius 2 is 2.08 bits per heavy atom. The molecule has 0 amide bonds. The van der Waals surface area contributed by atoms with Gasteiger partial charge >= 0.3 is 7.12 Å². The summed E-state index contributed by atoms with van der Waals surface area (Å²) in [5.74, 6) is 0.447. The number of methoxy groups -OCH3 is 1. The number of rotatable bonds is 2. The molecule has 0 atom stereocenters. The number of ether oxygens (including phenoxy) is 1. The van der Waals surface area contributed by atoms with E-state index in [1.165, 1.54) is 7.11 Å². The smallest absolute Gasteiger partial charge is 0.492 e. The summed E-state index contributed by atoms with van der Waals surface area (Å²) in [5, 5.41) is 17.8. The van der Waals surface area contributed by atoms with Crippen molar-refractivity contribution in [1.82, 2.24) is 0 Å². The molecule has 0 spiro atoms. The van der Waals surface area contributed by atoms with Gasteiger partial charge in [-0.2, -0.15) is 0 Å². The van der Waals surface area contributed by atoms with Crippen LogP contribution in [0.4, 0.5) is 0 Å². The highest BCUT2D eigenvalue weighted by atomic mass is 32.1. The quantitative estimate of drug-likeness (QED) is 0.435. The lowest BCUT2D eigenvalue weighted by Gasteiger charge is -2.07. The van der Waals surface area contributed by atoms with E-state index in [9.17, 15) is 0 Å². The third-order valence-electron chi connectivity index (χ3n) is 1.49. The third kappa shape index (κ3) is 1.94. The van der Waals surface area contributed by atoms with Gasteiger partial charge in [0, 0.05) is 10.4 Å². The molecule has 0 unspecified atom stereocenters. The van der Waals surface area contributed by atoms with E-state index in [1.54, 1.807) is 18.2 Å². The summed E-state index contributed by atoms with van der Waals surface area (Å²) in [4.78, 5) is 0.666. The summed E-state index contributed by atoms with van der Waals surface area (Å²) >= 11 is 4.06. The molecule has 1 aromatic carbocycles. The Hall–Kier alpha value is -0.645. The van der Waals surface area contributed by atoms with Crippen LogP contribution in [0.15, 0.2) is 23.1 Å². The molecule has 2 N–H and O–H groups in total. The second kappa shape index (κ2) is 3.84. The van der Waals surface area contributed by atoms with Crippen LogP contribution in [0.2, 0.25) is 0 Å². The molecule has 0 fully saturated rings. The van der Waals surface area contributed by atoms with Crippen molar-refractivity contribution in [2.45, 2.75) is 4.90 Å². The first-order valence-electron chi connectivity index (χ1n) is 3.38. The summed E-state index contributed by atoms with van der Waals surface area (Å²) in [6.07, 6.45) is 0. The van der Waals surface area contributed by atoms with Gasteiger partial charge in [0.25, 0.3) is 0 Å². The minimum absolute atomic E-state index is 0.324. The average Bonchev–Trinajstić information content (AvgIpc) is 2.04. The topological polar surface area (TPSA) is 49.7 Å². The van der Waals surface area contributed by atoms with Gasteiger partial charge in [0.1, 0.15) is 5.75 Å². The van der Waals surface area contributed by atoms with Crippen LogP contribution in [0.5, 0.6) is 5.75 Å². The highest BCUT2D eigenvalue weighted by Crippen LogP contribution is 2.11. The molecule has 3 nitrogen and oxygen atoms in total. The van der Waals surface area contributed by atoms with E-state index in [2.05, 4.69) is 12.6 Å². The Labute approximate surface area is 76.5 Å². The van der Waals surface area contributed by atoms with Gasteiger partial charge in [-0.1, -0.05) is 0 Å². The van der Waals surface area contributed by atoms with Crippen LogP contribution < -0.4 is 10.2 Å². The molecule has 12 heavy (non-hydrogen) atoms. The molecule has 0 aliphatic rings. The minimum Gasteiger partial charge on any atom is -0.497 e. The van der Waals surface area contributed by atoms with Gasteiger partial charge < -0.3 is 14.8 Å². The van der Waals surface area contributed by atoms with E-state index >= 15 is 0 Å². The molecule has 5 heteroatoms. The number of hydrogen-bond donors (Lipinski definition) is 3. The van der Waals surface area contributed by atoms with Gasteiger partial charge in [-0.25, -0.2) is 0 Å². The molecule has 0 radical (unpaired) electrons. The highest BCUT2D eigenvalue weighted by molar-refractivity contribution is 7.80. The number of thiol groups is 1. The molecule has 0 aliphatic heterocycles. The summed E-state index contributed by atoms with van der Waals surface area (Å²) < 4.78 is 4.91. The average molecular weight is 184 g/mol. The molecular weight excluding hydrogens is 175 g/mol. The SMILES string of the molecule is COc1ccc(S)cc1B(O)O. The summed E-state index contributed by atoms with van der Waals surface area (Å²) in [6.45, 7) is 0. The van der Waals surface area contributed by atoms with E-state index in [0.717, 1.165) is 0 Å². The summed E-state index contributed by atoms with van der Waals surface area (Å²) in [5.41, 5.74) is 0.324. The zero-order valence-electron chi connectivity index (χ0n) is 6.56. The number of hydrogen-bond acceptors (Lipinski definition) is 4. The molecule has 0 aliphatic carbocycles. The fraction of sp³-hybridized carbons (Fsp3) is 0.143. The predicted molar refractivity (Wildman–Crippen MR) is 50.1 cm³/mol.